The van der Waals surface area contributed by atoms with E-state index in [9.17, 15) is 24.0 Å². The Balaban J connectivity index is 1.33. The molecule has 1 unspecified atom stereocenters. The lowest BCUT2D eigenvalue weighted by Crippen LogP contribution is -2.53. The summed E-state index contributed by atoms with van der Waals surface area (Å²) in [5.74, 6) is -2.69. The van der Waals surface area contributed by atoms with Crippen molar-refractivity contribution in [3.8, 4) is 0 Å². The summed E-state index contributed by atoms with van der Waals surface area (Å²) >= 11 is 0. The molecule has 11 heteroatoms. The van der Waals surface area contributed by atoms with Crippen molar-refractivity contribution >= 4 is 41.3 Å². The van der Waals surface area contributed by atoms with Gasteiger partial charge in [0.1, 0.15) is 13.2 Å². The summed E-state index contributed by atoms with van der Waals surface area (Å²) in [7, 11) is 0. The van der Waals surface area contributed by atoms with E-state index in [0.29, 0.717) is 17.7 Å². The van der Waals surface area contributed by atoms with Crippen molar-refractivity contribution in [1.82, 2.24) is 4.90 Å². The van der Waals surface area contributed by atoms with Crippen molar-refractivity contribution in [2.75, 3.05) is 23.3 Å². The van der Waals surface area contributed by atoms with Crippen molar-refractivity contribution < 1.29 is 33.4 Å². The molecule has 0 aromatic heterocycles. The molecule has 0 spiro atoms. The highest BCUT2D eigenvalue weighted by Gasteiger charge is 2.53. The van der Waals surface area contributed by atoms with E-state index in [1.54, 1.807) is 54.6 Å². The summed E-state index contributed by atoms with van der Waals surface area (Å²) in [5.41, 5.74) is 6.05. The number of nitrogens with zero attached hydrogens (tertiary/aromatic N) is 2. The normalized spacial score (nSPS) is 15.4. The lowest BCUT2D eigenvalue weighted by Gasteiger charge is -2.36. The van der Waals surface area contributed by atoms with Crippen LogP contribution in [0.4, 0.5) is 21.0 Å². The molecule has 1 fully saturated rings. The van der Waals surface area contributed by atoms with E-state index in [1.165, 1.54) is 29.2 Å². The van der Waals surface area contributed by atoms with Gasteiger partial charge in [-0.1, -0.05) is 84.9 Å². The van der Waals surface area contributed by atoms with E-state index in [2.05, 4.69) is 5.32 Å². The average molecular weight is 621 g/mol. The Morgan fingerprint density at radius 1 is 0.826 bits per heavy atom. The molecule has 1 saturated heterocycles. The number of nitrogens with two attached hydrogens (primary N) is 1. The molecule has 0 aliphatic carbocycles. The summed E-state index contributed by atoms with van der Waals surface area (Å²) in [6, 6.07) is 30.8. The van der Waals surface area contributed by atoms with Crippen molar-refractivity contribution in [3.05, 3.63) is 132 Å². The van der Waals surface area contributed by atoms with Gasteiger partial charge in [0.2, 0.25) is 0 Å². The molecule has 3 N–H and O–H groups in total. The van der Waals surface area contributed by atoms with Gasteiger partial charge < -0.3 is 25.4 Å². The maximum absolute atomic E-state index is 13.9. The molecule has 1 aliphatic rings. The fraction of sp³-hybridized carbons (Fsp3) is 0.171. The third kappa shape index (κ3) is 7.05. The van der Waals surface area contributed by atoms with Crippen molar-refractivity contribution in [2.45, 2.75) is 25.0 Å². The van der Waals surface area contributed by atoms with Gasteiger partial charge in [-0.2, -0.15) is 0 Å². The topological polar surface area (TPSA) is 148 Å². The Hall–Kier alpha value is -5.97. The van der Waals surface area contributed by atoms with Crippen LogP contribution in [0.25, 0.3) is 0 Å². The fourth-order valence-corrected chi connectivity index (χ4v) is 5.40. The van der Waals surface area contributed by atoms with E-state index >= 15 is 0 Å². The van der Waals surface area contributed by atoms with Crippen molar-refractivity contribution in [1.29, 1.82) is 0 Å². The van der Waals surface area contributed by atoms with Gasteiger partial charge in [0.05, 0.1) is 5.56 Å². The molecule has 1 heterocycles. The molecule has 5 rings (SSSR count). The van der Waals surface area contributed by atoms with Crippen LogP contribution in [0.15, 0.2) is 115 Å². The van der Waals surface area contributed by atoms with Crippen LogP contribution in [0, 0.1) is 0 Å². The zero-order chi connectivity index (χ0) is 32.5. The Morgan fingerprint density at radius 2 is 1.48 bits per heavy atom. The first-order chi connectivity index (χ1) is 22.3. The minimum atomic E-state index is -1.60. The number of primary amides is 1. The maximum Gasteiger partial charge on any atom is 0.344 e. The fourth-order valence-electron chi connectivity index (χ4n) is 5.40. The van der Waals surface area contributed by atoms with E-state index in [4.69, 9.17) is 15.2 Å². The standard InChI is InChI=1S/C35H32N4O7/c36-33(43)38(29-19-10-14-26(22-29)31(41)45-24-25-12-4-1-5-13-25)23-30(40)46-32(42)35(27-15-6-2-7-16-27)20-11-21-39(35)34(44)37-28-17-8-3-9-18-28/h1-10,12-19,22H,11,20-21,23-24H2,(H2,36,43)(H,37,44). The zero-order valence-corrected chi connectivity index (χ0v) is 24.8. The van der Waals surface area contributed by atoms with Gasteiger partial charge in [0.25, 0.3) is 0 Å². The lowest BCUT2D eigenvalue weighted by atomic mass is 9.87. The lowest BCUT2D eigenvalue weighted by molar-refractivity contribution is -0.166. The predicted octanol–water partition coefficient (Wildman–Crippen LogP) is 5.22. The van der Waals surface area contributed by atoms with Crippen LogP contribution in [0.5, 0.6) is 0 Å². The molecule has 0 radical (unpaired) electrons. The SMILES string of the molecule is NC(=O)N(CC(=O)OC(=O)C1(c2ccccc2)CCCN1C(=O)Nc1ccccc1)c1cccc(C(=O)OCc2ccccc2)c1. The zero-order valence-electron chi connectivity index (χ0n) is 24.8. The number of rotatable bonds is 9. The van der Waals surface area contributed by atoms with E-state index in [1.807, 2.05) is 36.4 Å². The minimum Gasteiger partial charge on any atom is -0.457 e. The Kier molecular flexibility index (Phi) is 9.72. The highest BCUT2D eigenvalue weighted by Crippen LogP contribution is 2.40. The Bertz CT molecular complexity index is 1720. The third-order valence-corrected chi connectivity index (χ3v) is 7.61. The second kappa shape index (κ2) is 14.2. The molecule has 4 amide bonds. The number of benzene rings is 4. The number of ether oxygens (including phenoxy) is 2. The Labute approximate surface area is 265 Å². The first kappa shape index (κ1) is 31.5. The van der Waals surface area contributed by atoms with Crippen LogP contribution in [0.1, 0.15) is 34.3 Å². The molecule has 11 nitrogen and oxygen atoms in total. The number of carbonyl (C=O) groups is 5. The molecular weight excluding hydrogens is 588 g/mol. The summed E-state index contributed by atoms with van der Waals surface area (Å²) < 4.78 is 10.7. The number of hydrogen-bond acceptors (Lipinski definition) is 7. The van der Waals surface area contributed by atoms with Crippen LogP contribution < -0.4 is 16.0 Å². The van der Waals surface area contributed by atoms with Gasteiger partial charge in [0, 0.05) is 17.9 Å². The van der Waals surface area contributed by atoms with Gasteiger partial charge in [-0.15, -0.1) is 0 Å². The molecule has 1 atom stereocenters. The average Bonchev–Trinajstić information content (AvgIpc) is 3.54. The largest absolute Gasteiger partial charge is 0.457 e. The number of likely N-dealkylation sites (tertiary alicyclic amines) is 1. The minimum absolute atomic E-state index is 0.0431. The van der Waals surface area contributed by atoms with Gasteiger partial charge in [-0.25, -0.2) is 24.0 Å². The number of amides is 4. The predicted molar refractivity (Wildman–Crippen MR) is 170 cm³/mol. The van der Waals surface area contributed by atoms with Crippen LogP contribution in [-0.2, 0) is 31.2 Å². The third-order valence-electron chi connectivity index (χ3n) is 7.61. The monoisotopic (exact) mass is 620 g/mol. The summed E-state index contributed by atoms with van der Waals surface area (Å²) in [6.45, 7) is -0.455. The first-order valence-corrected chi connectivity index (χ1v) is 14.6. The molecular formula is C35H32N4O7. The molecule has 0 bridgehead atoms. The van der Waals surface area contributed by atoms with Crippen LogP contribution in [-0.4, -0.2) is 48.0 Å². The van der Waals surface area contributed by atoms with E-state index < -0.39 is 42.1 Å². The molecule has 4 aromatic rings. The van der Waals surface area contributed by atoms with Crippen LogP contribution >= 0.6 is 0 Å². The summed E-state index contributed by atoms with van der Waals surface area (Å²) in [5, 5.41) is 2.80. The number of anilines is 2. The molecule has 4 aromatic carbocycles. The van der Waals surface area contributed by atoms with Crippen LogP contribution in [0.3, 0.4) is 0 Å². The molecule has 0 saturated carbocycles. The molecule has 46 heavy (non-hydrogen) atoms. The number of carbonyl (C=O) groups excluding carboxylic acids is 5. The first-order valence-electron chi connectivity index (χ1n) is 14.6. The second-order valence-electron chi connectivity index (χ2n) is 10.6. The Morgan fingerprint density at radius 3 is 2.15 bits per heavy atom. The summed E-state index contributed by atoms with van der Waals surface area (Å²) in [6.07, 6.45) is 0.680. The number of hydrogen-bond donors (Lipinski definition) is 2. The van der Waals surface area contributed by atoms with Gasteiger partial charge >= 0.3 is 30.0 Å². The van der Waals surface area contributed by atoms with E-state index in [0.717, 1.165) is 10.5 Å². The number of esters is 3. The van der Waals surface area contributed by atoms with Crippen molar-refractivity contribution in [2.24, 2.45) is 5.73 Å². The quantitative estimate of drug-likeness (QED) is 0.192. The van der Waals surface area contributed by atoms with Gasteiger partial charge in [-0.3, -0.25) is 4.90 Å². The summed E-state index contributed by atoms with van der Waals surface area (Å²) in [4.78, 5) is 68.0. The molecule has 234 valence electrons. The van der Waals surface area contributed by atoms with E-state index in [-0.39, 0.29) is 30.8 Å². The number of nitrogens with one attached hydrogen (secondary N) is 1. The number of para-hydroxylation sites is 1. The maximum atomic E-state index is 13.9. The smallest absolute Gasteiger partial charge is 0.344 e. The second-order valence-corrected chi connectivity index (χ2v) is 10.6. The highest BCUT2D eigenvalue weighted by atomic mass is 16.6. The van der Waals surface area contributed by atoms with Crippen LogP contribution in [0.2, 0.25) is 0 Å². The van der Waals surface area contributed by atoms with Crippen molar-refractivity contribution in [3.63, 3.8) is 0 Å². The highest BCUT2D eigenvalue weighted by molar-refractivity contribution is 6.02. The van der Waals surface area contributed by atoms with Gasteiger partial charge in [-0.05, 0) is 54.3 Å². The van der Waals surface area contributed by atoms with Gasteiger partial charge in [0.15, 0.2) is 5.54 Å². The molecule has 1 aliphatic heterocycles. The number of urea groups is 2.